The number of likely N-dealkylation sites (tertiary alicyclic amines) is 1. The van der Waals surface area contributed by atoms with Crippen molar-refractivity contribution in [3.8, 4) is 0 Å². The number of hydrogen-bond acceptors (Lipinski definition) is 4. The average molecular weight is 374 g/mol. The van der Waals surface area contributed by atoms with Gasteiger partial charge in [-0.15, -0.1) is 24.8 Å². The summed E-state index contributed by atoms with van der Waals surface area (Å²) in [6.07, 6.45) is 5.01. The van der Waals surface area contributed by atoms with Crippen molar-refractivity contribution in [2.24, 2.45) is 5.92 Å². The molecule has 1 fully saturated rings. The fraction of sp³-hybridized carbons (Fsp3) is 0.562. The molecule has 2 aromatic heterocycles. The maximum atomic E-state index is 12.6. The Hall–Kier alpha value is -1.37. The summed E-state index contributed by atoms with van der Waals surface area (Å²) in [5.41, 5.74) is 2.27. The van der Waals surface area contributed by atoms with Gasteiger partial charge in [0.1, 0.15) is 0 Å². The van der Waals surface area contributed by atoms with Crippen LogP contribution in [-0.4, -0.2) is 52.7 Å². The van der Waals surface area contributed by atoms with Gasteiger partial charge >= 0.3 is 0 Å². The third-order valence-corrected chi connectivity index (χ3v) is 4.55. The Kier molecular flexibility index (Phi) is 7.93. The zero-order valence-corrected chi connectivity index (χ0v) is 15.7. The summed E-state index contributed by atoms with van der Waals surface area (Å²) in [5.74, 6) is 0.815. The lowest BCUT2D eigenvalue weighted by atomic mass is 9.93. The monoisotopic (exact) mass is 373 g/mol. The minimum absolute atomic E-state index is 0. The fourth-order valence-electron chi connectivity index (χ4n) is 3.09. The molecule has 1 aliphatic heterocycles. The van der Waals surface area contributed by atoms with E-state index < -0.39 is 0 Å². The molecule has 3 rings (SSSR count). The molecule has 0 radical (unpaired) electrons. The summed E-state index contributed by atoms with van der Waals surface area (Å²) < 4.78 is 0. The van der Waals surface area contributed by atoms with Crippen molar-refractivity contribution in [3.05, 3.63) is 23.5 Å². The molecule has 1 saturated heterocycles. The number of aromatic amines is 1. The van der Waals surface area contributed by atoms with Gasteiger partial charge in [-0.2, -0.15) is 5.10 Å². The van der Waals surface area contributed by atoms with E-state index >= 15 is 0 Å². The minimum atomic E-state index is 0. The fourth-order valence-corrected chi connectivity index (χ4v) is 3.09. The van der Waals surface area contributed by atoms with Crippen LogP contribution in [0.2, 0.25) is 0 Å². The molecule has 2 N–H and O–H groups in total. The third-order valence-electron chi connectivity index (χ3n) is 4.55. The van der Waals surface area contributed by atoms with E-state index in [4.69, 9.17) is 0 Å². The summed E-state index contributed by atoms with van der Waals surface area (Å²) >= 11 is 0. The summed E-state index contributed by atoms with van der Waals surface area (Å²) in [4.78, 5) is 18.9. The predicted octanol–water partition coefficient (Wildman–Crippen LogP) is 2.57. The van der Waals surface area contributed by atoms with Gasteiger partial charge in [0.15, 0.2) is 5.65 Å². The van der Waals surface area contributed by atoms with Crippen molar-refractivity contribution >= 4 is 41.8 Å². The lowest BCUT2D eigenvalue weighted by Crippen LogP contribution is -2.39. The van der Waals surface area contributed by atoms with Crippen molar-refractivity contribution in [1.82, 2.24) is 25.4 Å². The second-order valence-electron chi connectivity index (χ2n) is 6.07. The normalized spacial score (nSPS) is 15.0. The molecule has 134 valence electrons. The first-order valence-corrected chi connectivity index (χ1v) is 7.93. The highest BCUT2D eigenvalue weighted by Crippen LogP contribution is 2.22. The van der Waals surface area contributed by atoms with Crippen molar-refractivity contribution in [1.29, 1.82) is 0 Å². The Labute approximate surface area is 154 Å². The van der Waals surface area contributed by atoms with E-state index in [-0.39, 0.29) is 30.7 Å². The Morgan fingerprint density at radius 1 is 1.38 bits per heavy atom. The quantitative estimate of drug-likeness (QED) is 0.863. The standard InChI is InChI=1S/C16H23N5O.2ClH/c1-11-14-9-13(10-18-15(14)20-19-11)16(22)21-7-4-12(5-8-21)3-6-17-2;;/h9-10,12,17H,3-8H2,1-2H3,(H,18,19,20);2*1H. The predicted molar refractivity (Wildman–Crippen MR) is 100 cm³/mol. The zero-order chi connectivity index (χ0) is 15.5. The number of carbonyl (C=O) groups is 1. The van der Waals surface area contributed by atoms with E-state index in [1.807, 2.05) is 24.9 Å². The number of H-pyrrole nitrogens is 1. The van der Waals surface area contributed by atoms with Crippen LogP contribution in [0.4, 0.5) is 0 Å². The van der Waals surface area contributed by atoms with Crippen molar-refractivity contribution in [2.45, 2.75) is 26.2 Å². The summed E-state index contributed by atoms with van der Waals surface area (Å²) in [5, 5.41) is 11.1. The topological polar surface area (TPSA) is 73.9 Å². The molecule has 8 heteroatoms. The molecule has 0 atom stereocenters. The molecule has 0 unspecified atom stereocenters. The Morgan fingerprint density at radius 3 is 2.75 bits per heavy atom. The molecule has 0 aromatic carbocycles. The Bertz CT molecular complexity index is 668. The third kappa shape index (κ3) is 4.37. The SMILES string of the molecule is CNCCC1CCN(C(=O)c2cnc3n[nH]c(C)c3c2)CC1.Cl.Cl. The van der Waals surface area contributed by atoms with Crippen LogP contribution in [0.15, 0.2) is 12.3 Å². The first-order chi connectivity index (χ1) is 10.7. The smallest absolute Gasteiger partial charge is 0.255 e. The second-order valence-corrected chi connectivity index (χ2v) is 6.07. The van der Waals surface area contributed by atoms with Gasteiger partial charge in [-0.3, -0.25) is 9.89 Å². The zero-order valence-electron chi connectivity index (χ0n) is 14.0. The highest BCUT2D eigenvalue weighted by molar-refractivity contribution is 5.97. The van der Waals surface area contributed by atoms with Crippen LogP contribution in [0.5, 0.6) is 0 Å². The average Bonchev–Trinajstić information content (AvgIpc) is 2.93. The number of carbonyl (C=O) groups excluding carboxylic acids is 1. The molecule has 0 aliphatic carbocycles. The molecule has 0 bridgehead atoms. The number of aromatic nitrogens is 3. The lowest BCUT2D eigenvalue weighted by molar-refractivity contribution is 0.0687. The van der Waals surface area contributed by atoms with E-state index in [0.717, 1.165) is 49.5 Å². The number of fused-ring (bicyclic) bond motifs is 1. The van der Waals surface area contributed by atoms with Gasteiger partial charge in [-0.1, -0.05) is 0 Å². The number of aryl methyl sites for hydroxylation is 1. The molecule has 0 spiro atoms. The minimum Gasteiger partial charge on any atom is -0.339 e. The van der Waals surface area contributed by atoms with E-state index in [1.165, 1.54) is 6.42 Å². The number of hydrogen-bond donors (Lipinski definition) is 2. The number of halogens is 2. The van der Waals surface area contributed by atoms with E-state index in [1.54, 1.807) is 6.20 Å². The van der Waals surface area contributed by atoms with Crippen LogP contribution in [0.25, 0.3) is 11.0 Å². The Balaban J connectivity index is 0.00000144. The van der Waals surface area contributed by atoms with Gasteiger partial charge in [0.05, 0.1) is 5.56 Å². The van der Waals surface area contributed by atoms with Gasteiger partial charge in [0.2, 0.25) is 0 Å². The van der Waals surface area contributed by atoms with Gasteiger partial charge < -0.3 is 10.2 Å². The molecular formula is C16H25Cl2N5O. The number of pyridine rings is 1. The van der Waals surface area contributed by atoms with Gasteiger partial charge in [0.25, 0.3) is 5.91 Å². The summed E-state index contributed by atoms with van der Waals surface area (Å²) in [7, 11) is 1.99. The number of rotatable bonds is 4. The van der Waals surface area contributed by atoms with Crippen LogP contribution in [-0.2, 0) is 0 Å². The van der Waals surface area contributed by atoms with Gasteiger partial charge in [-0.05, 0) is 51.8 Å². The number of piperidine rings is 1. The van der Waals surface area contributed by atoms with E-state index in [9.17, 15) is 4.79 Å². The van der Waals surface area contributed by atoms with E-state index in [2.05, 4.69) is 20.5 Å². The summed E-state index contributed by atoms with van der Waals surface area (Å²) in [6.45, 7) is 4.68. The van der Waals surface area contributed by atoms with Crippen LogP contribution in [0, 0.1) is 12.8 Å². The number of nitrogens with one attached hydrogen (secondary N) is 2. The van der Waals surface area contributed by atoms with Gasteiger partial charge in [-0.25, -0.2) is 4.98 Å². The first-order valence-electron chi connectivity index (χ1n) is 7.93. The van der Waals surface area contributed by atoms with Crippen molar-refractivity contribution in [3.63, 3.8) is 0 Å². The number of amides is 1. The first kappa shape index (κ1) is 20.7. The molecule has 1 amide bonds. The van der Waals surface area contributed by atoms with Crippen LogP contribution >= 0.6 is 24.8 Å². The second kappa shape index (κ2) is 9.20. The molecule has 1 aliphatic rings. The van der Waals surface area contributed by atoms with Crippen LogP contribution in [0.1, 0.15) is 35.3 Å². The van der Waals surface area contributed by atoms with Gasteiger partial charge in [0, 0.05) is 30.4 Å². The van der Waals surface area contributed by atoms with Crippen LogP contribution in [0.3, 0.4) is 0 Å². The van der Waals surface area contributed by atoms with Crippen LogP contribution < -0.4 is 5.32 Å². The van der Waals surface area contributed by atoms with Crippen molar-refractivity contribution < 1.29 is 4.79 Å². The number of nitrogens with zero attached hydrogens (tertiary/aromatic N) is 3. The summed E-state index contributed by atoms with van der Waals surface area (Å²) in [6, 6.07) is 1.90. The molecule has 2 aromatic rings. The van der Waals surface area contributed by atoms with E-state index in [0.29, 0.717) is 11.2 Å². The molecule has 0 saturated carbocycles. The maximum Gasteiger partial charge on any atom is 0.255 e. The largest absolute Gasteiger partial charge is 0.339 e. The highest BCUT2D eigenvalue weighted by Gasteiger charge is 2.24. The highest BCUT2D eigenvalue weighted by atomic mass is 35.5. The van der Waals surface area contributed by atoms with Crippen molar-refractivity contribution in [2.75, 3.05) is 26.7 Å². The molecule has 3 heterocycles. The molecule has 24 heavy (non-hydrogen) atoms. The molecule has 6 nitrogen and oxygen atoms in total. The maximum absolute atomic E-state index is 12.6. The molecular weight excluding hydrogens is 349 g/mol. The Morgan fingerprint density at radius 2 is 2.08 bits per heavy atom. The lowest BCUT2D eigenvalue weighted by Gasteiger charge is -2.32.